The molecule has 2 saturated carbocycles. The average Bonchev–Trinajstić information content (AvgIpc) is 2.77. The molecule has 8 unspecified atom stereocenters. The van der Waals surface area contributed by atoms with Crippen molar-refractivity contribution >= 4 is 24.2 Å². The van der Waals surface area contributed by atoms with Gasteiger partial charge in [0.15, 0.2) is 0 Å². The number of aliphatic hydroxyl groups is 3. The van der Waals surface area contributed by atoms with Gasteiger partial charge in [-0.1, -0.05) is 20.1 Å². The van der Waals surface area contributed by atoms with Crippen molar-refractivity contribution in [3.05, 3.63) is 24.3 Å². The number of fused-ring (bicyclic) bond motifs is 1. The minimum Gasteiger partial charge on any atom is -0.466 e. The molecule has 0 aromatic rings. The first-order chi connectivity index (χ1) is 15.4. The fraction of sp³-hybridized carbons (Fsp3) is 0.652. The number of aldehydes is 1. The largest absolute Gasteiger partial charge is 0.466 e. The molecular weight excluding hydrogens is 436 g/mol. The number of esters is 3. The van der Waals surface area contributed by atoms with E-state index in [4.69, 9.17) is 9.47 Å². The molecule has 0 aliphatic heterocycles. The van der Waals surface area contributed by atoms with Crippen molar-refractivity contribution < 1.29 is 48.7 Å². The third-order valence-electron chi connectivity index (χ3n) is 6.93. The summed E-state index contributed by atoms with van der Waals surface area (Å²) in [6.45, 7) is 9.53. The molecule has 0 spiro atoms. The van der Waals surface area contributed by atoms with Gasteiger partial charge in [0.1, 0.15) is 25.1 Å². The lowest BCUT2D eigenvalue weighted by atomic mass is 9.51. The zero-order chi connectivity index (χ0) is 25.1. The van der Waals surface area contributed by atoms with Gasteiger partial charge in [0.2, 0.25) is 0 Å². The van der Waals surface area contributed by atoms with Crippen LogP contribution in [0.5, 0.6) is 0 Å². The summed E-state index contributed by atoms with van der Waals surface area (Å²) in [4.78, 5) is 47.6. The SMILES string of the molecule is C=C(C(=O)OC1CC2(C)C(O)CCC(C=O)C2C(O)C1C(=C)C(=O)OC)C(O)COC(C)=O. The Morgan fingerprint density at radius 2 is 1.82 bits per heavy atom. The predicted octanol–water partition coefficient (Wildman–Crippen LogP) is 0.0807. The summed E-state index contributed by atoms with van der Waals surface area (Å²) < 4.78 is 14.9. The molecule has 0 saturated heterocycles. The third-order valence-corrected chi connectivity index (χ3v) is 6.93. The second-order valence-electron chi connectivity index (χ2n) is 8.95. The summed E-state index contributed by atoms with van der Waals surface area (Å²) in [5.74, 6) is -4.91. The maximum atomic E-state index is 12.7. The van der Waals surface area contributed by atoms with Crippen LogP contribution in [0.4, 0.5) is 0 Å². The van der Waals surface area contributed by atoms with E-state index in [0.29, 0.717) is 12.8 Å². The number of aliphatic hydroxyl groups excluding tert-OH is 3. The predicted molar refractivity (Wildman–Crippen MR) is 113 cm³/mol. The van der Waals surface area contributed by atoms with E-state index in [1.807, 2.05) is 0 Å². The highest BCUT2D eigenvalue weighted by molar-refractivity contribution is 5.90. The van der Waals surface area contributed by atoms with Gasteiger partial charge in [0.05, 0.1) is 30.8 Å². The summed E-state index contributed by atoms with van der Waals surface area (Å²) in [6.07, 6.45) is -3.48. The van der Waals surface area contributed by atoms with Crippen LogP contribution in [0.25, 0.3) is 0 Å². The maximum Gasteiger partial charge on any atom is 0.336 e. The van der Waals surface area contributed by atoms with Crippen LogP contribution in [0.1, 0.15) is 33.1 Å². The van der Waals surface area contributed by atoms with Crippen molar-refractivity contribution in [3.63, 3.8) is 0 Å². The molecule has 10 heteroatoms. The van der Waals surface area contributed by atoms with Gasteiger partial charge in [-0.25, -0.2) is 9.59 Å². The van der Waals surface area contributed by atoms with E-state index in [1.54, 1.807) is 6.92 Å². The number of ether oxygens (including phenoxy) is 3. The van der Waals surface area contributed by atoms with Crippen molar-refractivity contribution in [2.45, 2.75) is 57.5 Å². The number of carbonyl (C=O) groups is 4. The molecule has 2 fully saturated rings. The van der Waals surface area contributed by atoms with Gasteiger partial charge in [0, 0.05) is 29.7 Å². The van der Waals surface area contributed by atoms with E-state index in [9.17, 15) is 34.5 Å². The standard InChI is InChI=1S/C23H32O10/c1-11(15(26)10-32-13(3)25)22(30)33-16-8-23(4)17(27)7-6-14(9-24)19(23)20(28)18(16)12(2)21(29)31-5/h9,14-20,26-28H,1-2,6-8,10H2,3-5H3. The molecule has 0 heterocycles. The van der Waals surface area contributed by atoms with Crippen LogP contribution in [0.15, 0.2) is 24.3 Å². The minimum atomic E-state index is -1.53. The van der Waals surface area contributed by atoms with Gasteiger partial charge in [-0.05, 0) is 19.3 Å². The van der Waals surface area contributed by atoms with E-state index < -0.39 is 77.7 Å². The van der Waals surface area contributed by atoms with Crippen molar-refractivity contribution in [1.29, 1.82) is 0 Å². The highest BCUT2D eigenvalue weighted by atomic mass is 16.6. The lowest BCUT2D eigenvalue weighted by Gasteiger charge is -2.56. The van der Waals surface area contributed by atoms with Crippen LogP contribution in [0, 0.1) is 23.2 Å². The van der Waals surface area contributed by atoms with Crippen LogP contribution in [0.2, 0.25) is 0 Å². The fourth-order valence-corrected chi connectivity index (χ4v) is 5.10. The van der Waals surface area contributed by atoms with Crippen molar-refractivity contribution in [2.24, 2.45) is 23.2 Å². The summed E-state index contributed by atoms with van der Waals surface area (Å²) in [7, 11) is 1.14. The molecule has 33 heavy (non-hydrogen) atoms. The quantitative estimate of drug-likeness (QED) is 0.193. The maximum absolute atomic E-state index is 12.7. The second-order valence-corrected chi connectivity index (χ2v) is 8.95. The van der Waals surface area contributed by atoms with Crippen molar-refractivity contribution in [1.82, 2.24) is 0 Å². The molecule has 2 rings (SSSR count). The molecule has 0 aromatic heterocycles. The molecule has 0 radical (unpaired) electrons. The Kier molecular flexibility index (Phi) is 8.56. The lowest BCUT2D eigenvalue weighted by molar-refractivity contribution is -0.198. The number of carbonyl (C=O) groups excluding carboxylic acids is 4. The van der Waals surface area contributed by atoms with Gasteiger partial charge in [-0.15, -0.1) is 0 Å². The van der Waals surface area contributed by atoms with Gasteiger partial charge in [-0.2, -0.15) is 0 Å². The van der Waals surface area contributed by atoms with Crippen LogP contribution in [-0.2, 0) is 33.4 Å². The molecule has 184 valence electrons. The first-order valence-electron chi connectivity index (χ1n) is 10.7. The van der Waals surface area contributed by atoms with Crippen LogP contribution in [-0.4, -0.2) is 77.6 Å². The molecular formula is C23H32O10. The molecule has 8 atom stereocenters. The summed E-state index contributed by atoms with van der Waals surface area (Å²) in [5, 5.41) is 32.1. The molecule has 2 aliphatic rings. The Labute approximate surface area is 192 Å². The van der Waals surface area contributed by atoms with Gasteiger partial charge in [-0.3, -0.25) is 4.79 Å². The van der Waals surface area contributed by atoms with E-state index in [2.05, 4.69) is 17.9 Å². The third kappa shape index (κ3) is 5.34. The fourth-order valence-electron chi connectivity index (χ4n) is 5.10. The Morgan fingerprint density at radius 1 is 1.18 bits per heavy atom. The zero-order valence-electron chi connectivity index (χ0n) is 19.1. The Bertz CT molecular complexity index is 820. The number of rotatable bonds is 8. The molecule has 0 bridgehead atoms. The Balaban J connectivity index is 2.36. The van der Waals surface area contributed by atoms with Crippen LogP contribution >= 0.6 is 0 Å². The molecule has 3 N–H and O–H groups in total. The van der Waals surface area contributed by atoms with Crippen LogP contribution in [0.3, 0.4) is 0 Å². The normalized spacial score (nSPS) is 34.2. The second kappa shape index (κ2) is 10.6. The van der Waals surface area contributed by atoms with Crippen molar-refractivity contribution in [2.75, 3.05) is 13.7 Å². The Morgan fingerprint density at radius 3 is 2.36 bits per heavy atom. The minimum absolute atomic E-state index is 0.0139. The Hall–Kier alpha value is -2.56. The van der Waals surface area contributed by atoms with E-state index in [1.165, 1.54) is 0 Å². The summed E-state index contributed by atoms with van der Waals surface area (Å²) in [6, 6.07) is 0. The highest BCUT2D eigenvalue weighted by Crippen LogP contribution is 2.55. The topological polar surface area (TPSA) is 157 Å². The molecule has 0 amide bonds. The number of hydrogen-bond donors (Lipinski definition) is 3. The molecule has 2 aliphatic carbocycles. The van der Waals surface area contributed by atoms with E-state index in [-0.39, 0.29) is 12.0 Å². The first kappa shape index (κ1) is 26.7. The highest BCUT2D eigenvalue weighted by Gasteiger charge is 2.60. The summed E-state index contributed by atoms with van der Waals surface area (Å²) in [5.41, 5.74) is -1.55. The average molecular weight is 468 g/mol. The smallest absolute Gasteiger partial charge is 0.336 e. The molecule has 0 aromatic carbocycles. The zero-order valence-corrected chi connectivity index (χ0v) is 19.1. The van der Waals surface area contributed by atoms with Gasteiger partial charge in [0.25, 0.3) is 0 Å². The monoisotopic (exact) mass is 468 g/mol. The van der Waals surface area contributed by atoms with E-state index in [0.717, 1.165) is 20.3 Å². The van der Waals surface area contributed by atoms with Gasteiger partial charge >= 0.3 is 17.9 Å². The van der Waals surface area contributed by atoms with Crippen molar-refractivity contribution in [3.8, 4) is 0 Å². The molecule has 10 nitrogen and oxygen atoms in total. The number of hydrogen-bond acceptors (Lipinski definition) is 10. The summed E-state index contributed by atoms with van der Waals surface area (Å²) >= 11 is 0. The van der Waals surface area contributed by atoms with Crippen LogP contribution < -0.4 is 0 Å². The van der Waals surface area contributed by atoms with E-state index >= 15 is 0 Å². The first-order valence-corrected chi connectivity index (χ1v) is 10.7. The lowest BCUT2D eigenvalue weighted by Crippen LogP contribution is -2.62. The van der Waals surface area contributed by atoms with Gasteiger partial charge < -0.3 is 34.3 Å². The number of methoxy groups -OCH3 is 1.